The molecule has 0 aromatic carbocycles. The summed E-state index contributed by atoms with van der Waals surface area (Å²) in [7, 11) is 0. The molecule has 1 spiro atoms. The van der Waals surface area contributed by atoms with E-state index in [9.17, 15) is 4.79 Å². The number of likely N-dealkylation sites (tertiary alicyclic amines) is 2. The van der Waals surface area contributed by atoms with E-state index >= 15 is 0 Å². The molecule has 3 fully saturated rings. The quantitative estimate of drug-likeness (QED) is 0.796. The number of hydrogen-bond acceptors (Lipinski definition) is 4. The molecule has 1 aliphatic carbocycles. The van der Waals surface area contributed by atoms with Crippen LogP contribution in [-0.2, 0) is 11.2 Å². The fraction of sp³-hybridized carbons (Fsp3) is 0.783. The third kappa shape index (κ3) is 4.24. The second-order valence-corrected chi connectivity index (χ2v) is 9.33. The molecule has 0 unspecified atom stereocenters. The molecule has 0 N–H and O–H groups in total. The number of nitrogens with zero attached hydrogens (tertiary/aromatic N) is 4. The van der Waals surface area contributed by atoms with Gasteiger partial charge in [0, 0.05) is 44.9 Å². The standard InChI is InChI=1S/C23H36N4O/c1-3-22-24-16-20(17-25-22)19-6-12-27(13-7-19)21-4-8-23(9-5-21)10-14-26(15-11-23)18(2)28/h16-17,19,21H,3-15H2,1-2H3. The van der Waals surface area contributed by atoms with Crippen molar-refractivity contribution in [1.29, 1.82) is 0 Å². The predicted molar refractivity (Wildman–Crippen MR) is 111 cm³/mol. The molecule has 3 heterocycles. The summed E-state index contributed by atoms with van der Waals surface area (Å²) >= 11 is 0. The highest BCUT2D eigenvalue weighted by molar-refractivity contribution is 5.73. The minimum absolute atomic E-state index is 0.251. The second-order valence-electron chi connectivity index (χ2n) is 9.33. The molecule has 0 bridgehead atoms. The largest absolute Gasteiger partial charge is 0.343 e. The lowest BCUT2D eigenvalue weighted by molar-refractivity contribution is -0.131. The van der Waals surface area contributed by atoms with E-state index in [1.54, 1.807) is 6.92 Å². The van der Waals surface area contributed by atoms with Crippen molar-refractivity contribution >= 4 is 5.91 Å². The van der Waals surface area contributed by atoms with Gasteiger partial charge in [-0.25, -0.2) is 9.97 Å². The number of aryl methyl sites for hydroxylation is 1. The van der Waals surface area contributed by atoms with E-state index in [1.165, 1.54) is 70.0 Å². The molecule has 154 valence electrons. The SMILES string of the molecule is CCc1ncc(C2CCN(C3CCC4(CC3)CCN(C(C)=O)CC4)CC2)cn1. The van der Waals surface area contributed by atoms with Crippen molar-refractivity contribution in [2.75, 3.05) is 26.2 Å². The summed E-state index contributed by atoms with van der Waals surface area (Å²) in [6.45, 7) is 8.21. The molecular formula is C23H36N4O. The van der Waals surface area contributed by atoms with E-state index < -0.39 is 0 Å². The Morgan fingerprint density at radius 1 is 1.00 bits per heavy atom. The maximum absolute atomic E-state index is 11.6. The van der Waals surface area contributed by atoms with Gasteiger partial charge in [0.25, 0.3) is 0 Å². The minimum atomic E-state index is 0.251. The first-order chi connectivity index (χ1) is 13.6. The smallest absolute Gasteiger partial charge is 0.219 e. The summed E-state index contributed by atoms with van der Waals surface area (Å²) in [6.07, 6.45) is 15.4. The maximum Gasteiger partial charge on any atom is 0.219 e. The molecule has 2 saturated heterocycles. The van der Waals surface area contributed by atoms with Gasteiger partial charge in [-0.1, -0.05) is 6.92 Å². The Kier molecular flexibility index (Phi) is 6.00. The van der Waals surface area contributed by atoms with Crippen molar-refractivity contribution in [3.63, 3.8) is 0 Å². The molecule has 4 rings (SSSR count). The molecule has 5 heteroatoms. The number of piperidine rings is 2. The summed E-state index contributed by atoms with van der Waals surface area (Å²) in [4.78, 5) is 25.4. The van der Waals surface area contributed by atoms with E-state index in [0.717, 1.165) is 31.4 Å². The van der Waals surface area contributed by atoms with Crippen LogP contribution in [0.3, 0.4) is 0 Å². The molecule has 5 nitrogen and oxygen atoms in total. The van der Waals surface area contributed by atoms with E-state index in [-0.39, 0.29) is 5.91 Å². The van der Waals surface area contributed by atoms with E-state index in [4.69, 9.17) is 0 Å². The monoisotopic (exact) mass is 384 g/mol. The van der Waals surface area contributed by atoms with Crippen LogP contribution < -0.4 is 0 Å². The molecule has 0 radical (unpaired) electrons. The Bertz CT molecular complexity index is 648. The number of aromatic nitrogens is 2. The lowest BCUT2D eigenvalue weighted by Gasteiger charge is -2.48. The summed E-state index contributed by atoms with van der Waals surface area (Å²) in [5, 5.41) is 0. The summed E-state index contributed by atoms with van der Waals surface area (Å²) in [5.74, 6) is 1.83. The molecule has 1 aromatic rings. The first-order valence-electron chi connectivity index (χ1n) is 11.4. The molecular weight excluding hydrogens is 348 g/mol. The Hall–Kier alpha value is -1.49. The zero-order valence-electron chi connectivity index (χ0n) is 17.7. The van der Waals surface area contributed by atoms with Crippen LogP contribution in [0.15, 0.2) is 12.4 Å². The molecule has 1 amide bonds. The zero-order valence-corrected chi connectivity index (χ0v) is 17.7. The average molecular weight is 385 g/mol. The summed E-state index contributed by atoms with van der Waals surface area (Å²) in [6, 6.07) is 0.774. The van der Waals surface area contributed by atoms with Crippen molar-refractivity contribution in [2.45, 2.75) is 83.6 Å². The highest BCUT2D eigenvalue weighted by atomic mass is 16.2. The van der Waals surface area contributed by atoms with Gasteiger partial charge in [0.2, 0.25) is 5.91 Å². The Balaban J connectivity index is 1.24. The van der Waals surface area contributed by atoms with Crippen LogP contribution in [0.1, 0.15) is 82.5 Å². The molecule has 0 atom stereocenters. The molecule has 1 aromatic heterocycles. The van der Waals surface area contributed by atoms with Gasteiger partial charge in [-0.3, -0.25) is 4.79 Å². The number of amides is 1. The number of carbonyl (C=O) groups excluding carboxylic acids is 1. The van der Waals surface area contributed by atoms with Crippen LogP contribution >= 0.6 is 0 Å². The van der Waals surface area contributed by atoms with Gasteiger partial charge in [0.15, 0.2) is 0 Å². The number of rotatable bonds is 3. The lowest BCUT2D eigenvalue weighted by atomic mass is 9.66. The highest BCUT2D eigenvalue weighted by Gasteiger charge is 2.40. The molecule has 1 saturated carbocycles. The Labute approximate surface area is 169 Å². The highest BCUT2D eigenvalue weighted by Crippen LogP contribution is 2.46. The zero-order chi connectivity index (χ0) is 19.6. The Morgan fingerprint density at radius 3 is 2.14 bits per heavy atom. The van der Waals surface area contributed by atoms with Crippen molar-refractivity contribution in [2.24, 2.45) is 5.41 Å². The van der Waals surface area contributed by atoms with E-state index in [0.29, 0.717) is 11.3 Å². The predicted octanol–water partition coefficient (Wildman–Crippen LogP) is 3.79. The third-order valence-corrected chi connectivity index (χ3v) is 7.84. The molecule has 3 aliphatic rings. The van der Waals surface area contributed by atoms with Crippen LogP contribution in [0.2, 0.25) is 0 Å². The van der Waals surface area contributed by atoms with Gasteiger partial charge in [-0.2, -0.15) is 0 Å². The fourth-order valence-corrected chi connectivity index (χ4v) is 5.73. The maximum atomic E-state index is 11.6. The number of hydrogen-bond donors (Lipinski definition) is 0. The van der Waals surface area contributed by atoms with Gasteiger partial charge in [0.1, 0.15) is 5.82 Å². The first kappa shape index (κ1) is 19.8. The first-order valence-corrected chi connectivity index (χ1v) is 11.4. The van der Waals surface area contributed by atoms with Crippen molar-refractivity contribution < 1.29 is 4.79 Å². The summed E-state index contributed by atoms with van der Waals surface area (Å²) in [5.41, 5.74) is 1.86. The van der Waals surface area contributed by atoms with Crippen LogP contribution in [-0.4, -0.2) is 57.9 Å². The van der Waals surface area contributed by atoms with Crippen molar-refractivity contribution in [3.05, 3.63) is 23.8 Å². The number of carbonyl (C=O) groups is 1. The topological polar surface area (TPSA) is 49.3 Å². The van der Waals surface area contributed by atoms with Gasteiger partial charge < -0.3 is 9.80 Å². The van der Waals surface area contributed by atoms with Gasteiger partial charge >= 0.3 is 0 Å². The Morgan fingerprint density at radius 2 is 1.61 bits per heavy atom. The summed E-state index contributed by atoms with van der Waals surface area (Å²) < 4.78 is 0. The van der Waals surface area contributed by atoms with Gasteiger partial charge in [-0.05, 0) is 81.4 Å². The molecule has 2 aliphatic heterocycles. The van der Waals surface area contributed by atoms with Crippen molar-refractivity contribution in [1.82, 2.24) is 19.8 Å². The van der Waals surface area contributed by atoms with Gasteiger partial charge in [0.05, 0.1) is 0 Å². The van der Waals surface area contributed by atoms with Crippen molar-refractivity contribution in [3.8, 4) is 0 Å². The lowest BCUT2D eigenvalue weighted by Crippen LogP contribution is -2.48. The van der Waals surface area contributed by atoms with E-state index in [2.05, 4.69) is 34.2 Å². The van der Waals surface area contributed by atoms with Crippen LogP contribution in [0.5, 0.6) is 0 Å². The average Bonchev–Trinajstić information content (AvgIpc) is 2.75. The fourth-order valence-electron chi connectivity index (χ4n) is 5.73. The minimum Gasteiger partial charge on any atom is -0.343 e. The second kappa shape index (κ2) is 8.48. The molecule has 28 heavy (non-hydrogen) atoms. The van der Waals surface area contributed by atoms with Crippen LogP contribution in [0, 0.1) is 5.41 Å². The van der Waals surface area contributed by atoms with E-state index in [1.807, 2.05) is 4.90 Å². The van der Waals surface area contributed by atoms with Gasteiger partial charge in [-0.15, -0.1) is 0 Å². The third-order valence-electron chi connectivity index (χ3n) is 7.84. The van der Waals surface area contributed by atoms with Crippen LogP contribution in [0.25, 0.3) is 0 Å². The normalized spacial score (nSPS) is 24.6. The van der Waals surface area contributed by atoms with Crippen LogP contribution in [0.4, 0.5) is 0 Å².